The topological polar surface area (TPSA) is 41.9 Å². The number of hydrogen-bond acceptors (Lipinski definition) is 4. The van der Waals surface area contributed by atoms with Gasteiger partial charge in [-0.15, -0.1) is 0 Å². The largest absolute Gasteiger partial charge is 0.395 e. The first-order chi connectivity index (χ1) is 8.13. The Balaban J connectivity index is 3.96. The van der Waals surface area contributed by atoms with Crippen LogP contribution in [0.5, 0.6) is 0 Å². The lowest BCUT2D eigenvalue weighted by Crippen LogP contribution is -2.35. The zero-order chi connectivity index (χ0) is 13.1. The molecule has 0 aliphatic heterocycles. The number of hydrogen-bond donors (Lipinski definition) is 1. The second kappa shape index (κ2) is 10.8. The molecule has 0 spiro atoms. The monoisotopic (exact) mass is 255 g/mol. The number of aliphatic hydroxyl groups is 1. The van der Waals surface area contributed by atoms with Crippen LogP contribution >= 0.6 is 0 Å². The van der Waals surface area contributed by atoms with E-state index in [9.17, 15) is 8.78 Å². The molecule has 0 amide bonds. The van der Waals surface area contributed by atoms with Crippen molar-refractivity contribution in [3.8, 4) is 0 Å². The van der Waals surface area contributed by atoms with E-state index in [-0.39, 0.29) is 26.0 Å². The third-order valence-corrected chi connectivity index (χ3v) is 2.20. The van der Waals surface area contributed by atoms with Gasteiger partial charge in [-0.1, -0.05) is 0 Å². The molecule has 0 aliphatic rings. The van der Waals surface area contributed by atoms with Crippen molar-refractivity contribution in [3.05, 3.63) is 0 Å². The molecule has 0 atom stereocenters. The Morgan fingerprint density at radius 2 is 1.71 bits per heavy atom. The van der Waals surface area contributed by atoms with Crippen molar-refractivity contribution in [2.24, 2.45) is 0 Å². The van der Waals surface area contributed by atoms with Crippen molar-refractivity contribution >= 4 is 0 Å². The number of alkyl halides is 2. The van der Waals surface area contributed by atoms with Crippen LogP contribution in [0, 0.1) is 0 Å². The first kappa shape index (κ1) is 16.7. The molecule has 0 fully saturated rings. The Kier molecular flexibility index (Phi) is 10.6. The van der Waals surface area contributed by atoms with Gasteiger partial charge in [0.15, 0.2) is 6.29 Å². The first-order valence-electron chi connectivity index (χ1n) is 5.98. The van der Waals surface area contributed by atoms with E-state index >= 15 is 0 Å². The van der Waals surface area contributed by atoms with Crippen LogP contribution in [0.15, 0.2) is 0 Å². The molecule has 4 nitrogen and oxygen atoms in total. The molecule has 1 N–H and O–H groups in total. The second-order valence-electron chi connectivity index (χ2n) is 3.54. The molecular formula is C11H23F2NO3. The first-order valence-corrected chi connectivity index (χ1v) is 5.98. The molecule has 17 heavy (non-hydrogen) atoms. The predicted molar refractivity (Wildman–Crippen MR) is 61.2 cm³/mol. The number of aliphatic hydroxyl groups excluding tert-OH is 1. The molecule has 0 saturated carbocycles. The van der Waals surface area contributed by atoms with E-state index < -0.39 is 6.43 Å². The standard InChI is InChI=1S/C11H23F2NO3/c1-3-16-11(17-4-2)5-6-14(7-8-15)9-10(12)13/h10-11,15H,3-9H2,1-2H3. The van der Waals surface area contributed by atoms with E-state index in [0.717, 1.165) is 0 Å². The molecule has 0 heterocycles. The van der Waals surface area contributed by atoms with Crippen molar-refractivity contribution in [2.45, 2.75) is 33.0 Å². The number of ether oxygens (including phenoxy) is 2. The summed E-state index contributed by atoms with van der Waals surface area (Å²) in [5.41, 5.74) is 0. The maximum absolute atomic E-state index is 12.2. The molecule has 0 aliphatic carbocycles. The molecule has 0 aromatic heterocycles. The number of rotatable bonds is 11. The molecule has 0 rings (SSSR count). The smallest absolute Gasteiger partial charge is 0.251 e. The summed E-state index contributed by atoms with van der Waals surface area (Å²) in [6, 6.07) is 0. The van der Waals surface area contributed by atoms with E-state index in [1.165, 1.54) is 4.90 Å². The summed E-state index contributed by atoms with van der Waals surface area (Å²) in [5.74, 6) is 0. The average Bonchev–Trinajstić information content (AvgIpc) is 2.26. The van der Waals surface area contributed by atoms with Crippen molar-refractivity contribution in [1.29, 1.82) is 0 Å². The summed E-state index contributed by atoms with van der Waals surface area (Å²) in [7, 11) is 0. The van der Waals surface area contributed by atoms with Gasteiger partial charge in [0.1, 0.15) is 0 Å². The molecule has 0 bridgehead atoms. The van der Waals surface area contributed by atoms with Gasteiger partial charge in [0.25, 0.3) is 6.43 Å². The van der Waals surface area contributed by atoms with Gasteiger partial charge in [0.05, 0.1) is 13.2 Å². The third-order valence-electron chi connectivity index (χ3n) is 2.20. The third kappa shape index (κ3) is 9.41. The summed E-state index contributed by atoms with van der Waals surface area (Å²) in [5, 5.41) is 8.77. The summed E-state index contributed by atoms with van der Waals surface area (Å²) in [6.45, 7) is 4.99. The summed E-state index contributed by atoms with van der Waals surface area (Å²) in [4.78, 5) is 1.51. The fourth-order valence-electron chi connectivity index (χ4n) is 1.51. The number of nitrogens with zero attached hydrogens (tertiary/aromatic N) is 1. The van der Waals surface area contributed by atoms with Crippen molar-refractivity contribution in [2.75, 3.05) is 39.5 Å². The molecule has 0 aromatic carbocycles. The maximum atomic E-state index is 12.2. The average molecular weight is 255 g/mol. The van der Waals surface area contributed by atoms with Crippen LogP contribution in [-0.4, -0.2) is 62.2 Å². The minimum atomic E-state index is -2.39. The Labute approximate surface area is 102 Å². The predicted octanol–water partition coefficient (Wildman–Crippen LogP) is 1.34. The van der Waals surface area contributed by atoms with Gasteiger partial charge in [-0.05, 0) is 13.8 Å². The van der Waals surface area contributed by atoms with Gasteiger partial charge in [-0.25, -0.2) is 8.78 Å². The number of halogens is 2. The highest BCUT2D eigenvalue weighted by Gasteiger charge is 2.14. The summed E-state index contributed by atoms with van der Waals surface area (Å²) in [6.07, 6.45) is -2.22. The fraction of sp³-hybridized carbons (Fsp3) is 1.00. The highest BCUT2D eigenvalue weighted by atomic mass is 19.3. The lowest BCUT2D eigenvalue weighted by atomic mass is 10.3. The molecule has 0 aromatic rings. The SMILES string of the molecule is CCOC(CCN(CCO)CC(F)F)OCC. The van der Waals surface area contributed by atoms with Gasteiger partial charge in [-0.2, -0.15) is 0 Å². The Morgan fingerprint density at radius 1 is 1.12 bits per heavy atom. The molecule has 0 unspecified atom stereocenters. The van der Waals surface area contributed by atoms with Crippen molar-refractivity contribution < 1.29 is 23.4 Å². The summed E-state index contributed by atoms with van der Waals surface area (Å²) >= 11 is 0. The normalized spacial score (nSPS) is 12.0. The zero-order valence-corrected chi connectivity index (χ0v) is 10.6. The fourth-order valence-corrected chi connectivity index (χ4v) is 1.51. The van der Waals surface area contributed by atoms with Crippen LogP contribution in [0.3, 0.4) is 0 Å². The van der Waals surface area contributed by atoms with Gasteiger partial charge in [0, 0.05) is 32.7 Å². The summed E-state index contributed by atoms with van der Waals surface area (Å²) < 4.78 is 35.1. The van der Waals surface area contributed by atoms with Crippen LogP contribution in [-0.2, 0) is 9.47 Å². The van der Waals surface area contributed by atoms with Crippen LogP contribution in [0.1, 0.15) is 20.3 Å². The Morgan fingerprint density at radius 3 is 2.12 bits per heavy atom. The van der Waals surface area contributed by atoms with Crippen LogP contribution in [0.2, 0.25) is 0 Å². The highest BCUT2D eigenvalue weighted by molar-refractivity contribution is 4.60. The minimum Gasteiger partial charge on any atom is -0.395 e. The highest BCUT2D eigenvalue weighted by Crippen LogP contribution is 2.05. The van der Waals surface area contributed by atoms with Gasteiger partial charge in [-0.3, -0.25) is 4.90 Å². The minimum absolute atomic E-state index is 0.124. The lowest BCUT2D eigenvalue weighted by molar-refractivity contribution is -0.142. The van der Waals surface area contributed by atoms with Crippen LogP contribution in [0.25, 0.3) is 0 Å². The van der Waals surface area contributed by atoms with Gasteiger partial charge < -0.3 is 14.6 Å². The van der Waals surface area contributed by atoms with Gasteiger partial charge in [0.2, 0.25) is 0 Å². The quantitative estimate of drug-likeness (QED) is 0.566. The van der Waals surface area contributed by atoms with E-state index in [4.69, 9.17) is 14.6 Å². The molecule has 6 heteroatoms. The second-order valence-corrected chi connectivity index (χ2v) is 3.54. The molecule has 0 saturated heterocycles. The van der Waals surface area contributed by atoms with E-state index in [1.807, 2.05) is 13.8 Å². The van der Waals surface area contributed by atoms with E-state index in [1.54, 1.807) is 0 Å². The van der Waals surface area contributed by atoms with E-state index in [2.05, 4.69) is 0 Å². The van der Waals surface area contributed by atoms with E-state index in [0.29, 0.717) is 26.2 Å². The van der Waals surface area contributed by atoms with Crippen LogP contribution < -0.4 is 0 Å². The molecular weight excluding hydrogens is 232 g/mol. The van der Waals surface area contributed by atoms with Crippen LogP contribution in [0.4, 0.5) is 8.78 Å². The lowest BCUT2D eigenvalue weighted by Gasteiger charge is -2.24. The van der Waals surface area contributed by atoms with Crippen molar-refractivity contribution in [3.63, 3.8) is 0 Å². The zero-order valence-electron chi connectivity index (χ0n) is 10.6. The van der Waals surface area contributed by atoms with Gasteiger partial charge >= 0.3 is 0 Å². The maximum Gasteiger partial charge on any atom is 0.251 e. The van der Waals surface area contributed by atoms with Crippen molar-refractivity contribution in [1.82, 2.24) is 4.90 Å². The Hall–Kier alpha value is -0.300. The Bertz CT molecular complexity index is 167. The molecule has 0 radical (unpaired) electrons. The molecule has 104 valence electrons.